The van der Waals surface area contributed by atoms with Crippen LogP contribution < -0.4 is 10.1 Å². The zero-order chi connectivity index (χ0) is 10.8. The summed E-state index contributed by atoms with van der Waals surface area (Å²) in [6, 6.07) is 5.75. The van der Waals surface area contributed by atoms with Gasteiger partial charge in [0, 0.05) is 38.2 Å². The van der Waals surface area contributed by atoms with E-state index >= 15 is 0 Å². The zero-order valence-corrected chi connectivity index (χ0v) is 9.19. The summed E-state index contributed by atoms with van der Waals surface area (Å²) < 4.78 is 11.7. The number of hydrogen-bond donors (Lipinski definition) is 1. The van der Waals surface area contributed by atoms with Crippen LogP contribution in [0.25, 0.3) is 0 Å². The minimum atomic E-state index is 0.0394. The quantitative estimate of drug-likeness (QED) is 0.807. The maximum Gasteiger partial charge on any atom is 0.213 e. The van der Waals surface area contributed by atoms with Crippen LogP contribution in [0.2, 0.25) is 0 Å². The summed E-state index contributed by atoms with van der Waals surface area (Å²) in [5.74, 6) is 0.719. The van der Waals surface area contributed by atoms with Gasteiger partial charge in [0.15, 0.2) is 0 Å². The summed E-state index contributed by atoms with van der Waals surface area (Å²) in [6.45, 7) is 2.70. The summed E-state index contributed by atoms with van der Waals surface area (Å²) >= 11 is 0. The standard InChI is InChI=1S/C12H16N2O2/c1-2-5-14-11(3-1)16-10-4-6-15-12(7-10)8-13-9-12/h1-3,5,10,13H,4,6-9H2/t10-/m0/s1. The molecule has 2 aliphatic heterocycles. The molecule has 3 heterocycles. The van der Waals surface area contributed by atoms with Gasteiger partial charge in [0.2, 0.25) is 5.88 Å². The van der Waals surface area contributed by atoms with Crippen LogP contribution in [0.1, 0.15) is 12.8 Å². The first-order valence-corrected chi connectivity index (χ1v) is 5.79. The molecular formula is C12H16N2O2. The minimum absolute atomic E-state index is 0.0394. The van der Waals surface area contributed by atoms with Crippen LogP contribution in [-0.2, 0) is 4.74 Å². The first-order valence-electron chi connectivity index (χ1n) is 5.79. The second-order valence-corrected chi connectivity index (χ2v) is 4.54. The van der Waals surface area contributed by atoms with Crippen LogP contribution in [0.5, 0.6) is 5.88 Å². The largest absolute Gasteiger partial charge is 0.474 e. The van der Waals surface area contributed by atoms with E-state index < -0.39 is 0 Å². The summed E-state index contributed by atoms with van der Waals surface area (Å²) in [6.07, 6.45) is 3.93. The molecule has 0 aliphatic carbocycles. The van der Waals surface area contributed by atoms with E-state index in [1.807, 2.05) is 18.2 Å². The Kier molecular flexibility index (Phi) is 2.53. The van der Waals surface area contributed by atoms with Gasteiger partial charge in [-0.15, -0.1) is 0 Å². The normalized spacial score (nSPS) is 27.4. The van der Waals surface area contributed by atoms with E-state index in [9.17, 15) is 0 Å². The van der Waals surface area contributed by atoms with Crippen LogP contribution in [0.15, 0.2) is 24.4 Å². The lowest BCUT2D eigenvalue weighted by molar-refractivity contribution is -0.138. The molecule has 86 valence electrons. The van der Waals surface area contributed by atoms with Gasteiger partial charge < -0.3 is 14.8 Å². The molecule has 3 rings (SSSR count). The van der Waals surface area contributed by atoms with Crippen molar-refractivity contribution in [2.24, 2.45) is 0 Å². The zero-order valence-electron chi connectivity index (χ0n) is 9.19. The molecule has 4 heteroatoms. The van der Waals surface area contributed by atoms with Gasteiger partial charge in [-0.25, -0.2) is 4.98 Å². The molecule has 0 radical (unpaired) electrons. The van der Waals surface area contributed by atoms with Crippen molar-refractivity contribution in [3.05, 3.63) is 24.4 Å². The maximum absolute atomic E-state index is 5.87. The van der Waals surface area contributed by atoms with Gasteiger partial charge in [0.05, 0.1) is 12.2 Å². The summed E-state index contributed by atoms with van der Waals surface area (Å²) in [4.78, 5) is 4.19. The molecule has 0 amide bonds. The monoisotopic (exact) mass is 220 g/mol. The minimum Gasteiger partial charge on any atom is -0.474 e. The van der Waals surface area contributed by atoms with Crippen molar-refractivity contribution in [1.82, 2.24) is 10.3 Å². The fourth-order valence-corrected chi connectivity index (χ4v) is 2.32. The molecule has 1 aromatic rings. The second-order valence-electron chi connectivity index (χ2n) is 4.54. The number of ether oxygens (including phenoxy) is 2. The first kappa shape index (κ1) is 10.1. The van der Waals surface area contributed by atoms with Crippen molar-refractivity contribution in [2.75, 3.05) is 19.7 Å². The van der Waals surface area contributed by atoms with Crippen LogP contribution in [0.3, 0.4) is 0 Å². The molecule has 2 saturated heterocycles. The number of nitrogens with zero attached hydrogens (tertiary/aromatic N) is 1. The van der Waals surface area contributed by atoms with Crippen molar-refractivity contribution < 1.29 is 9.47 Å². The SMILES string of the molecule is c1ccc(O[C@H]2CCOC3(CNC3)C2)nc1. The van der Waals surface area contributed by atoms with Gasteiger partial charge >= 0.3 is 0 Å². The third-order valence-electron chi connectivity index (χ3n) is 3.27. The molecule has 0 unspecified atom stereocenters. The van der Waals surface area contributed by atoms with Crippen molar-refractivity contribution >= 4 is 0 Å². The Morgan fingerprint density at radius 3 is 3.06 bits per heavy atom. The van der Waals surface area contributed by atoms with Crippen LogP contribution in [0, 0.1) is 0 Å². The lowest BCUT2D eigenvalue weighted by Gasteiger charge is -2.47. The van der Waals surface area contributed by atoms with E-state index in [2.05, 4.69) is 10.3 Å². The van der Waals surface area contributed by atoms with Crippen LogP contribution in [-0.4, -0.2) is 36.4 Å². The highest BCUT2D eigenvalue weighted by Gasteiger charge is 2.43. The molecule has 2 fully saturated rings. The van der Waals surface area contributed by atoms with Gasteiger partial charge in [-0.05, 0) is 6.07 Å². The lowest BCUT2D eigenvalue weighted by Crippen LogP contribution is -2.64. The van der Waals surface area contributed by atoms with Crippen LogP contribution >= 0.6 is 0 Å². The number of aromatic nitrogens is 1. The Labute approximate surface area is 95.0 Å². The van der Waals surface area contributed by atoms with E-state index in [1.54, 1.807) is 6.20 Å². The highest BCUT2D eigenvalue weighted by atomic mass is 16.5. The van der Waals surface area contributed by atoms with E-state index in [-0.39, 0.29) is 11.7 Å². The summed E-state index contributed by atoms with van der Waals surface area (Å²) in [5, 5.41) is 3.26. The predicted octanol–water partition coefficient (Wildman–Crippen LogP) is 0.981. The smallest absolute Gasteiger partial charge is 0.213 e. The molecule has 1 aromatic heterocycles. The molecule has 0 bridgehead atoms. The third-order valence-corrected chi connectivity index (χ3v) is 3.27. The molecule has 1 N–H and O–H groups in total. The van der Waals surface area contributed by atoms with Gasteiger partial charge in [-0.3, -0.25) is 0 Å². The predicted molar refractivity (Wildman–Crippen MR) is 59.4 cm³/mol. The Hall–Kier alpha value is -1.13. The Bertz CT molecular complexity index is 351. The average Bonchev–Trinajstić information content (AvgIpc) is 2.29. The van der Waals surface area contributed by atoms with Crippen molar-refractivity contribution in [2.45, 2.75) is 24.5 Å². The van der Waals surface area contributed by atoms with Crippen molar-refractivity contribution in [1.29, 1.82) is 0 Å². The van der Waals surface area contributed by atoms with Crippen molar-refractivity contribution in [3.8, 4) is 5.88 Å². The Morgan fingerprint density at radius 2 is 2.38 bits per heavy atom. The fraction of sp³-hybridized carbons (Fsp3) is 0.583. The Balaban J connectivity index is 1.63. The van der Waals surface area contributed by atoms with Gasteiger partial charge in [0.25, 0.3) is 0 Å². The number of nitrogens with one attached hydrogen (secondary N) is 1. The van der Waals surface area contributed by atoms with E-state index in [0.29, 0.717) is 0 Å². The molecule has 16 heavy (non-hydrogen) atoms. The summed E-state index contributed by atoms with van der Waals surface area (Å²) in [5.41, 5.74) is 0.0394. The third kappa shape index (κ3) is 1.90. The fourth-order valence-electron chi connectivity index (χ4n) is 2.32. The molecular weight excluding hydrogens is 204 g/mol. The molecule has 1 atom stereocenters. The highest BCUT2D eigenvalue weighted by molar-refractivity contribution is 5.10. The van der Waals surface area contributed by atoms with E-state index in [1.165, 1.54) is 0 Å². The first-order chi connectivity index (χ1) is 7.86. The molecule has 2 aliphatic rings. The number of pyridine rings is 1. The van der Waals surface area contributed by atoms with Gasteiger partial charge in [-0.2, -0.15) is 0 Å². The maximum atomic E-state index is 5.87. The van der Waals surface area contributed by atoms with Gasteiger partial charge in [0.1, 0.15) is 6.10 Å². The van der Waals surface area contributed by atoms with E-state index in [0.717, 1.165) is 38.4 Å². The van der Waals surface area contributed by atoms with Gasteiger partial charge in [-0.1, -0.05) is 6.07 Å². The summed E-state index contributed by atoms with van der Waals surface area (Å²) in [7, 11) is 0. The average molecular weight is 220 g/mol. The number of hydrogen-bond acceptors (Lipinski definition) is 4. The Morgan fingerprint density at radius 1 is 1.44 bits per heavy atom. The van der Waals surface area contributed by atoms with E-state index in [4.69, 9.17) is 9.47 Å². The van der Waals surface area contributed by atoms with Crippen molar-refractivity contribution in [3.63, 3.8) is 0 Å². The highest BCUT2D eigenvalue weighted by Crippen LogP contribution is 2.30. The van der Waals surface area contributed by atoms with Crippen LogP contribution in [0.4, 0.5) is 0 Å². The number of rotatable bonds is 2. The molecule has 1 spiro atoms. The molecule has 0 aromatic carbocycles. The molecule has 4 nitrogen and oxygen atoms in total. The second kappa shape index (κ2) is 4.03. The lowest BCUT2D eigenvalue weighted by atomic mass is 9.87. The topological polar surface area (TPSA) is 43.4 Å². The molecule has 0 saturated carbocycles.